The monoisotopic (exact) mass is 440 g/mol. The molecule has 7 heteroatoms. The van der Waals surface area contributed by atoms with Gasteiger partial charge in [0.2, 0.25) is 0 Å². The quantitative estimate of drug-likeness (QED) is 0.377. The number of fused-ring (bicyclic) bond motifs is 1. The molecule has 1 N–H and O–H groups in total. The molecule has 3 aliphatic rings. The van der Waals surface area contributed by atoms with Gasteiger partial charge in [-0.2, -0.15) is 0 Å². The van der Waals surface area contributed by atoms with Crippen LogP contribution >= 0.6 is 0 Å². The summed E-state index contributed by atoms with van der Waals surface area (Å²) in [5.74, 6) is 0.742. The molecule has 4 rings (SSSR count). The average molecular weight is 440 g/mol. The fourth-order valence-electron chi connectivity index (χ4n) is 5.72. The number of hydrogen-bond donors (Lipinski definition) is 1. The maximum absolute atomic E-state index is 13.4. The number of benzene rings is 1. The summed E-state index contributed by atoms with van der Waals surface area (Å²) >= 11 is 0. The van der Waals surface area contributed by atoms with Crippen molar-refractivity contribution in [1.82, 2.24) is 5.32 Å². The number of esters is 1. The third kappa shape index (κ3) is 4.27. The number of carbonyl (C=O) groups is 1. The number of ether oxygens (including phenoxy) is 1. The Morgan fingerprint density at radius 1 is 1.19 bits per heavy atom. The molecule has 174 valence electrons. The third-order valence-electron chi connectivity index (χ3n) is 8.20. The van der Waals surface area contributed by atoms with E-state index in [1.165, 1.54) is 0 Å². The van der Waals surface area contributed by atoms with Gasteiger partial charge < -0.3 is 19.4 Å². The van der Waals surface area contributed by atoms with E-state index in [1.807, 2.05) is 30.3 Å². The molecule has 3 fully saturated rings. The summed E-state index contributed by atoms with van der Waals surface area (Å²) in [5.41, 5.74) is -0.516. The maximum Gasteiger partial charge on any atom is 0.457 e. The van der Waals surface area contributed by atoms with Crippen LogP contribution in [0.5, 0.6) is 0 Å². The topological polar surface area (TPSA) is 69.2 Å². The normalized spacial score (nSPS) is 32.6. The van der Waals surface area contributed by atoms with Crippen molar-refractivity contribution >= 4 is 19.8 Å². The molecule has 6 nitrogen and oxygen atoms in total. The molecule has 2 heterocycles. The van der Waals surface area contributed by atoms with Crippen molar-refractivity contribution in [1.29, 1.82) is 0 Å². The van der Waals surface area contributed by atoms with E-state index in [0.717, 1.165) is 37.8 Å². The number of carbonyl (C=O) groups excluding carboxylic acids is 1. The summed E-state index contributed by atoms with van der Waals surface area (Å²) < 4.78 is 18.1. The summed E-state index contributed by atoms with van der Waals surface area (Å²) in [5, 5.41) is 3.50. The van der Waals surface area contributed by atoms with E-state index in [-0.39, 0.29) is 36.8 Å². The van der Waals surface area contributed by atoms with Crippen molar-refractivity contribution in [3.8, 4) is 0 Å². The van der Waals surface area contributed by atoms with E-state index in [9.17, 15) is 4.79 Å². The maximum atomic E-state index is 13.4. The van der Waals surface area contributed by atoms with Gasteiger partial charge in [-0.15, -0.1) is 0 Å². The van der Waals surface area contributed by atoms with Crippen molar-refractivity contribution < 1.29 is 18.8 Å². The van der Waals surface area contributed by atoms with Gasteiger partial charge >= 0.3 is 13.1 Å². The molecular formula is C25H37BN2O4. The Morgan fingerprint density at radius 3 is 2.53 bits per heavy atom. The summed E-state index contributed by atoms with van der Waals surface area (Å²) in [6, 6.07) is 9.80. The van der Waals surface area contributed by atoms with Gasteiger partial charge in [-0.1, -0.05) is 36.8 Å². The largest absolute Gasteiger partial charge is 0.459 e. The molecule has 2 aliphatic heterocycles. The fraction of sp³-hybridized carbons (Fsp3) is 0.680. The van der Waals surface area contributed by atoms with Gasteiger partial charge in [0.05, 0.1) is 11.2 Å². The molecule has 0 radical (unpaired) electrons. The van der Waals surface area contributed by atoms with Gasteiger partial charge in [-0.3, -0.25) is 4.99 Å². The molecule has 2 unspecified atom stereocenters. The first-order valence-electron chi connectivity index (χ1n) is 11.9. The van der Waals surface area contributed by atoms with Crippen LogP contribution in [0, 0.1) is 17.8 Å². The van der Waals surface area contributed by atoms with E-state index < -0.39 is 5.54 Å². The van der Waals surface area contributed by atoms with Crippen molar-refractivity contribution in [2.75, 3.05) is 13.1 Å². The molecule has 1 aliphatic carbocycles. The predicted molar refractivity (Wildman–Crippen MR) is 127 cm³/mol. The average Bonchev–Trinajstić information content (AvgIpc) is 3.38. The van der Waals surface area contributed by atoms with Crippen LogP contribution in [-0.2, 0) is 25.4 Å². The van der Waals surface area contributed by atoms with Gasteiger partial charge in [0, 0.05) is 0 Å². The Labute approximate surface area is 192 Å². The summed E-state index contributed by atoms with van der Waals surface area (Å²) in [4.78, 5) is 17.9. The Bertz CT molecular complexity index is 814. The molecule has 1 saturated carbocycles. The zero-order valence-electron chi connectivity index (χ0n) is 19.9. The van der Waals surface area contributed by atoms with Crippen molar-refractivity contribution in [2.24, 2.45) is 22.7 Å². The van der Waals surface area contributed by atoms with Crippen molar-refractivity contribution in [3.63, 3.8) is 0 Å². The highest BCUT2D eigenvalue weighted by molar-refractivity contribution is 6.45. The molecule has 0 amide bonds. The highest BCUT2D eigenvalue weighted by Crippen LogP contribution is 2.51. The lowest BCUT2D eigenvalue weighted by molar-refractivity contribution is -0.153. The highest BCUT2D eigenvalue weighted by atomic mass is 16.7. The predicted octanol–water partition coefficient (Wildman–Crippen LogP) is 3.90. The van der Waals surface area contributed by atoms with Gasteiger partial charge in [0.1, 0.15) is 6.61 Å². The van der Waals surface area contributed by atoms with Gasteiger partial charge in [-0.05, 0) is 90.0 Å². The summed E-state index contributed by atoms with van der Waals surface area (Å²) in [6.45, 7) is 14.3. The summed E-state index contributed by atoms with van der Waals surface area (Å²) in [7, 11) is -0.213. The molecule has 1 aromatic rings. The lowest BCUT2D eigenvalue weighted by atomic mass is 9.75. The fourth-order valence-corrected chi connectivity index (χ4v) is 5.72. The second-order valence-electron chi connectivity index (χ2n) is 10.7. The van der Waals surface area contributed by atoms with E-state index in [0.29, 0.717) is 18.3 Å². The molecule has 4 atom stereocenters. The van der Waals surface area contributed by atoms with Gasteiger partial charge in [0.15, 0.2) is 5.54 Å². The van der Waals surface area contributed by atoms with E-state index >= 15 is 0 Å². The van der Waals surface area contributed by atoms with E-state index in [4.69, 9.17) is 14.0 Å². The first kappa shape index (κ1) is 23.5. The van der Waals surface area contributed by atoms with E-state index in [1.54, 1.807) is 0 Å². The SMILES string of the molecule is C=NC1(C(=O)OCc2ccccc2)C[C@H]2CNC[C@H]2C1CCCB1OC(C)(C)C(C)(C)O1. The van der Waals surface area contributed by atoms with Crippen LogP contribution in [0.1, 0.15) is 52.5 Å². The molecule has 2 saturated heterocycles. The first-order valence-corrected chi connectivity index (χ1v) is 11.9. The van der Waals surface area contributed by atoms with Crippen LogP contribution in [0.2, 0.25) is 6.32 Å². The molecule has 1 aromatic carbocycles. The van der Waals surface area contributed by atoms with Gasteiger partial charge in [-0.25, -0.2) is 4.79 Å². The molecule has 0 aromatic heterocycles. The zero-order chi connectivity index (χ0) is 23.0. The number of nitrogens with zero attached hydrogens (tertiary/aromatic N) is 1. The Morgan fingerprint density at radius 2 is 1.88 bits per heavy atom. The van der Waals surface area contributed by atoms with Crippen LogP contribution < -0.4 is 5.32 Å². The third-order valence-corrected chi connectivity index (χ3v) is 8.20. The van der Waals surface area contributed by atoms with Crippen LogP contribution in [0.4, 0.5) is 0 Å². The van der Waals surface area contributed by atoms with Crippen LogP contribution in [0.15, 0.2) is 35.3 Å². The zero-order valence-corrected chi connectivity index (χ0v) is 19.9. The number of nitrogens with one attached hydrogen (secondary N) is 1. The summed E-state index contributed by atoms with van der Waals surface area (Å²) in [6.07, 6.45) is 3.31. The molecular weight excluding hydrogens is 403 g/mol. The highest BCUT2D eigenvalue weighted by Gasteiger charge is 2.59. The smallest absolute Gasteiger partial charge is 0.457 e. The first-order chi connectivity index (χ1) is 15.2. The van der Waals surface area contributed by atoms with Crippen molar-refractivity contribution in [2.45, 2.75) is 76.6 Å². The van der Waals surface area contributed by atoms with Crippen LogP contribution in [0.3, 0.4) is 0 Å². The lowest BCUT2D eigenvalue weighted by Crippen LogP contribution is -2.44. The second-order valence-corrected chi connectivity index (χ2v) is 10.7. The minimum atomic E-state index is -0.859. The van der Waals surface area contributed by atoms with Crippen LogP contribution in [0.25, 0.3) is 0 Å². The van der Waals surface area contributed by atoms with Crippen molar-refractivity contribution in [3.05, 3.63) is 35.9 Å². The minimum absolute atomic E-state index is 0.116. The Hall–Kier alpha value is -1.70. The lowest BCUT2D eigenvalue weighted by Gasteiger charge is -2.32. The van der Waals surface area contributed by atoms with E-state index in [2.05, 4.69) is 44.7 Å². The van der Waals surface area contributed by atoms with Crippen LogP contribution in [-0.4, -0.2) is 49.6 Å². The molecule has 0 spiro atoms. The standard InChI is InChI=1S/C25H37BN2O4/c1-23(2)24(3,4)32-26(31-23)13-9-12-21-20-16-28-15-19(20)14-25(21,27-5)22(29)30-17-18-10-7-6-8-11-18/h6-8,10-11,19-21,28H,5,9,12-17H2,1-4H3/t19-,20+,21?,25?/m0/s1. The second kappa shape index (κ2) is 8.92. The number of aliphatic imine (C=N–C) groups is 1. The molecule has 32 heavy (non-hydrogen) atoms. The Kier molecular flexibility index (Phi) is 6.54. The Balaban J connectivity index is 1.42. The molecule has 0 bridgehead atoms. The van der Waals surface area contributed by atoms with Gasteiger partial charge in [0.25, 0.3) is 0 Å². The number of rotatable bonds is 8. The minimum Gasteiger partial charge on any atom is -0.459 e. The number of hydrogen-bond acceptors (Lipinski definition) is 6.